The monoisotopic (exact) mass is 1330 g/mol. The maximum absolute atomic E-state index is 6.48. The zero-order valence-corrected chi connectivity index (χ0v) is 55.8. The highest BCUT2D eigenvalue weighted by molar-refractivity contribution is 7.26. The van der Waals surface area contributed by atoms with Crippen LogP contribution < -0.4 is 0 Å². The van der Waals surface area contributed by atoms with Gasteiger partial charge in [0, 0.05) is 101 Å². The topological polar surface area (TPSA) is 129 Å². The number of allylic oxidation sites excluding steroid dienone is 4. The number of para-hydroxylation sites is 2. The molecule has 474 valence electrons. The molecule has 0 saturated carbocycles. The number of aromatic nitrogens is 8. The van der Waals surface area contributed by atoms with E-state index in [-0.39, 0.29) is 0 Å². The smallest absolute Gasteiger partial charge is 0.180 e. The van der Waals surface area contributed by atoms with Gasteiger partial charge in [-0.2, -0.15) is 0 Å². The van der Waals surface area contributed by atoms with Gasteiger partial charge in [-0.3, -0.25) is 0 Å². The Morgan fingerprint density at radius 3 is 1.46 bits per heavy atom. The van der Waals surface area contributed by atoms with Crippen molar-refractivity contribution in [1.82, 2.24) is 39.9 Å². The lowest BCUT2D eigenvalue weighted by Crippen LogP contribution is -2.03. The van der Waals surface area contributed by atoms with Crippen LogP contribution in [0.1, 0.15) is 19.2 Å². The molecule has 0 N–H and O–H groups in total. The van der Waals surface area contributed by atoms with Crippen LogP contribution in [0.2, 0.25) is 0 Å². The molecule has 19 aromatic rings. The van der Waals surface area contributed by atoms with Gasteiger partial charge < -0.3 is 8.83 Å². The van der Waals surface area contributed by atoms with Crippen molar-refractivity contribution in [1.29, 1.82) is 0 Å². The van der Waals surface area contributed by atoms with Crippen molar-refractivity contribution in [3.05, 3.63) is 297 Å². The van der Waals surface area contributed by atoms with E-state index in [0.29, 0.717) is 34.6 Å². The zero-order chi connectivity index (χ0) is 66.7. The molecule has 12 heteroatoms. The molecule has 0 spiro atoms. The van der Waals surface area contributed by atoms with Gasteiger partial charge in [-0.25, -0.2) is 39.9 Å². The van der Waals surface area contributed by atoms with Gasteiger partial charge >= 0.3 is 0 Å². The molecule has 8 heterocycles. The standard InChI is InChI=1S/C89H54N8O2S2/c1-51-19-15-28-61(45-51)87-92-70(50-72(93-87)60-42-44-66-77(48-60)100-75-36-18-32-67(78(66)75)88-94-79(54-22-7-3-8-23-54)83-81(96-88)64-29-11-13-34-73(64)98-83)58-27-16-26-57(46-58)52-37-39-56(40-38-52)86-90-69(53-20-5-2-6-21-53)49-71(91-86)59-41-43-62-63-31-17-33-68(85(63)101-76(62)47-59)89-95-80(55-24-9-4-10-25-55)84-82(97-89)65-30-12-14-35-74(65)99-84/h2-44,46-51H,45H2,1H3. The van der Waals surface area contributed by atoms with E-state index in [1.54, 1.807) is 22.7 Å². The molecular weight excluding hydrogens is 1280 g/mol. The fraction of sp³-hybridized carbons (Fsp3) is 0.0337. The van der Waals surface area contributed by atoms with Crippen LogP contribution in [-0.2, 0) is 0 Å². The molecule has 0 aliphatic heterocycles. The SMILES string of the molecule is CC1C=CC=C(c2nc(-c3cccc(-c4ccc(-c5nc(-c6ccccc6)cc(-c6ccc7c(c6)sc6c(-c8nc(-c9ccccc9)c9oc%10ccccc%10c9n8)cccc67)n5)cc4)c3)cc(-c3ccc4c(c3)sc3cccc(-c5nc(-c6ccccc6)c6oc7ccccc7c6n5)c34)n2)C1. The molecule has 11 aromatic carbocycles. The number of rotatable bonds is 11. The fourth-order valence-electron chi connectivity index (χ4n) is 14.4. The largest absolute Gasteiger partial charge is 0.452 e. The van der Waals surface area contributed by atoms with Crippen molar-refractivity contribution in [3.63, 3.8) is 0 Å². The van der Waals surface area contributed by atoms with E-state index in [9.17, 15) is 0 Å². The summed E-state index contributed by atoms with van der Waals surface area (Å²) in [4.78, 5) is 42.5. The van der Waals surface area contributed by atoms with Crippen molar-refractivity contribution >= 4 is 113 Å². The van der Waals surface area contributed by atoms with Crippen LogP contribution in [0.5, 0.6) is 0 Å². The van der Waals surface area contributed by atoms with E-state index in [1.807, 2.05) is 78.9 Å². The number of hydrogen-bond acceptors (Lipinski definition) is 12. The molecule has 10 nitrogen and oxygen atoms in total. The Balaban J connectivity index is 0.639. The van der Waals surface area contributed by atoms with Gasteiger partial charge in [0.15, 0.2) is 34.5 Å². The second-order valence-corrected chi connectivity index (χ2v) is 27.9. The minimum Gasteiger partial charge on any atom is -0.452 e. The first kappa shape index (κ1) is 58.4. The summed E-state index contributed by atoms with van der Waals surface area (Å²) < 4.78 is 17.5. The first-order valence-corrected chi connectivity index (χ1v) is 35.4. The lowest BCUT2D eigenvalue weighted by molar-refractivity contribution is 0.667. The van der Waals surface area contributed by atoms with Crippen molar-refractivity contribution in [2.45, 2.75) is 13.3 Å². The molecule has 0 fully saturated rings. The Morgan fingerprint density at radius 2 is 0.812 bits per heavy atom. The minimum atomic E-state index is 0.357. The summed E-state index contributed by atoms with van der Waals surface area (Å²) in [5.41, 5.74) is 21.4. The normalized spacial score (nSPS) is 13.3. The second-order valence-electron chi connectivity index (χ2n) is 25.8. The van der Waals surface area contributed by atoms with Gasteiger partial charge in [0.25, 0.3) is 0 Å². The lowest BCUT2D eigenvalue weighted by Gasteiger charge is -2.16. The molecule has 101 heavy (non-hydrogen) atoms. The Labute approximate surface area is 586 Å². The Kier molecular flexibility index (Phi) is 13.7. The highest BCUT2D eigenvalue weighted by Gasteiger charge is 2.25. The van der Waals surface area contributed by atoms with Crippen LogP contribution >= 0.6 is 22.7 Å². The third kappa shape index (κ3) is 10.2. The van der Waals surface area contributed by atoms with Gasteiger partial charge in [0.1, 0.15) is 33.6 Å². The highest BCUT2D eigenvalue weighted by Crippen LogP contribution is 2.46. The van der Waals surface area contributed by atoms with Gasteiger partial charge in [-0.05, 0) is 95.8 Å². The number of thiophene rings is 2. The Hall–Kier alpha value is -12.7. The summed E-state index contributed by atoms with van der Waals surface area (Å²) in [7, 11) is 0. The number of hydrogen-bond donors (Lipinski definition) is 0. The third-order valence-corrected chi connectivity index (χ3v) is 21.6. The second kappa shape index (κ2) is 23.8. The van der Waals surface area contributed by atoms with E-state index >= 15 is 0 Å². The summed E-state index contributed by atoms with van der Waals surface area (Å²) in [6.07, 6.45) is 7.39. The average Bonchev–Trinajstić information content (AvgIpc) is 1.62. The summed E-state index contributed by atoms with van der Waals surface area (Å²) in [6, 6.07) is 94.8. The third-order valence-electron chi connectivity index (χ3n) is 19.3. The molecule has 1 aliphatic carbocycles. The molecule has 0 radical (unpaired) electrons. The summed E-state index contributed by atoms with van der Waals surface area (Å²) in [6.45, 7) is 2.24. The maximum Gasteiger partial charge on any atom is 0.180 e. The summed E-state index contributed by atoms with van der Waals surface area (Å²) in [5, 5.41) is 6.47. The van der Waals surface area contributed by atoms with E-state index < -0.39 is 0 Å². The number of nitrogens with zero attached hydrogens (tertiary/aromatic N) is 8. The Bertz CT molecular complexity index is 6630. The number of fused-ring (bicyclic) bond motifs is 12. The van der Waals surface area contributed by atoms with Crippen molar-refractivity contribution in [3.8, 4) is 113 Å². The zero-order valence-electron chi connectivity index (χ0n) is 54.2. The van der Waals surface area contributed by atoms with Crippen LogP contribution in [0, 0.1) is 5.92 Å². The van der Waals surface area contributed by atoms with E-state index in [2.05, 4.69) is 219 Å². The maximum atomic E-state index is 6.48. The molecular formula is C89H54N8O2S2. The molecule has 1 aliphatic rings. The van der Waals surface area contributed by atoms with Crippen molar-refractivity contribution in [2.24, 2.45) is 5.92 Å². The first-order chi connectivity index (χ1) is 49.9. The molecule has 8 aromatic heterocycles. The lowest BCUT2D eigenvalue weighted by atomic mass is 9.95. The van der Waals surface area contributed by atoms with Crippen molar-refractivity contribution < 1.29 is 8.83 Å². The predicted molar refractivity (Wildman–Crippen MR) is 414 cm³/mol. The van der Waals surface area contributed by atoms with E-state index in [0.717, 1.165) is 186 Å². The molecule has 1 unspecified atom stereocenters. The molecule has 0 amide bonds. The van der Waals surface area contributed by atoms with Crippen LogP contribution in [0.3, 0.4) is 0 Å². The number of furan rings is 2. The van der Waals surface area contributed by atoms with Crippen LogP contribution in [0.4, 0.5) is 0 Å². The van der Waals surface area contributed by atoms with E-state index in [1.165, 1.54) is 0 Å². The van der Waals surface area contributed by atoms with Gasteiger partial charge in [-0.15, -0.1) is 22.7 Å². The molecule has 1 atom stereocenters. The minimum absolute atomic E-state index is 0.357. The molecule has 20 rings (SSSR count). The van der Waals surface area contributed by atoms with E-state index in [4.69, 9.17) is 48.7 Å². The van der Waals surface area contributed by atoms with Crippen LogP contribution in [-0.4, -0.2) is 39.9 Å². The fourth-order valence-corrected chi connectivity index (χ4v) is 16.8. The Morgan fingerprint density at radius 1 is 0.327 bits per heavy atom. The van der Waals surface area contributed by atoms with Gasteiger partial charge in [0.2, 0.25) is 0 Å². The molecule has 0 saturated heterocycles. The van der Waals surface area contributed by atoms with Gasteiger partial charge in [-0.1, -0.05) is 231 Å². The predicted octanol–water partition coefficient (Wildman–Crippen LogP) is 24.0. The summed E-state index contributed by atoms with van der Waals surface area (Å²) in [5.74, 6) is 3.03. The highest BCUT2D eigenvalue weighted by atomic mass is 32.1. The van der Waals surface area contributed by atoms with Crippen LogP contribution in [0.25, 0.3) is 203 Å². The van der Waals surface area contributed by atoms with Gasteiger partial charge in [0.05, 0.1) is 22.8 Å². The first-order valence-electron chi connectivity index (χ1n) is 33.7. The molecule has 0 bridgehead atoms. The average molecular weight is 1330 g/mol. The summed E-state index contributed by atoms with van der Waals surface area (Å²) >= 11 is 3.52. The van der Waals surface area contributed by atoms with Crippen molar-refractivity contribution in [2.75, 3.05) is 0 Å². The quantitative estimate of drug-likeness (QED) is 0.123. The number of benzene rings is 11. The van der Waals surface area contributed by atoms with Crippen LogP contribution in [0.15, 0.2) is 300 Å².